The summed E-state index contributed by atoms with van der Waals surface area (Å²) in [7, 11) is 0. The summed E-state index contributed by atoms with van der Waals surface area (Å²) in [5.41, 5.74) is 0.129. The molecule has 0 saturated carbocycles. The van der Waals surface area contributed by atoms with Crippen LogP contribution in [0.1, 0.15) is 5.76 Å². The zero-order valence-corrected chi connectivity index (χ0v) is 16.7. The van der Waals surface area contributed by atoms with E-state index < -0.39 is 5.91 Å². The third kappa shape index (κ3) is 6.17. The smallest absolute Gasteiger partial charge is 0.262 e. The van der Waals surface area contributed by atoms with Gasteiger partial charge in [-0.3, -0.25) is 14.5 Å². The van der Waals surface area contributed by atoms with Crippen molar-refractivity contribution in [2.45, 2.75) is 6.54 Å². The van der Waals surface area contributed by atoms with Crippen LogP contribution in [0.5, 0.6) is 5.75 Å². The summed E-state index contributed by atoms with van der Waals surface area (Å²) < 4.78 is 10.8. The SMILES string of the molecule is O=C(COc1coc(CN2CCSCC2)cc1=O)Nc1cc(Cl)cc(Cl)c1. The third-order valence-corrected chi connectivity index (χ3v) is 5.22. The number of ether oxygens (including phenoxy) is 1. The van der Waals surface area contributed by atoms with Crippen LogP contribution in [0.2, 0.25) is 10.0 Å². The highest BCUT2D eigenvalue weighted by Gasteiger charge is 2.14. The normalized spacial score (nSPS) is 14.7. The molecule has 0 radical (unpaired) electrons. The predicted molar refractivity (Wildman–Crippen MR) is 108 cm³/mol. The number of amides is 1. The number of rotatable bonds is 6. The molecule has 1 fully saturated rings. The lowest BCUT2D eigenvalue weighted by Gasteiger charge is -2.25. The highest BCUT2D eigenvalue weighted by molar-refractivity contribution is 7.99. The van der Waals surface area contributed by atoms with Gasteiger partial charge < -0.3 is 14.5 Å². The Morgan fingerprint density at radius 3 is 2.56 bits per heavy atom. The first-order valence-electron chi connectivity index (χ1n) is 8.30. The number of nitrogens with zero attached hydrogens (tertiary/aromatic N) is 1. The van der Waals surface area contributed by atoms with E-state index in [1.807, 2.05) is 11.8 Å². The number of nitrogens with one attached hydrogen (secondary N) is 1. The number of halogens is 2. The Morgan fingerprint density at radius 2 is 1.89 bits per heavy atom. The van der Waals surface area contributed by atoms with E-state index in [0.717, 1.165) is 24.6 Å². The van der Waals surface area contributed by atoms with Crippen molar-refractivity contribution in [2.75, 3.05) is 36.5 Å². The minimum atomic E-state index is -0.442. The minimum Gasteiger partial charge on any atom is -0.477 e. The molecule has 2 heterocycles. The van der Waals surface area contributed by atoms with E-state index in [0.29, 0.717) is 28.0 Å². The molecule has 3 rings (SSSR count). The quantitative estimate of drug-likeness (QED) is 0.758. The van der Waals surface area contributed by atoms with Gasteiger partial charge in [-0.2, -0.15) is 11.8 Å². The molecule has 9 heteroatoms. The van der Waals surface area contributed by atoms with E-state index in [-0.39, 0.29) is 17.8 Å². The Labute approximate surface area is 170 Å². The summed E-state index contributed by atoms with van der Waals surface area (Å²) in [4.78, 5) is 26.4. The van der Waals surface area contributed by atoms with Gasteiger partial charge in [-0.15, -0.1) is 0 Å². The van der Waals surface area contributed by atoms with Crippen LogP contribution < -0.4 is 15.5 Å². The third-order valence-electron chi connectivity index (χ3n) is 3.84. The van der Waals surface area contributed by atoms with Crippen LogP contribution in [0.15, 0.2) is 39.7 Å². The average molecular weight is 429 g/mol. The first-order chi connectivity index (χ1) is 13.0. The topological polar surface area (TPSA) is 71.8 Å². The Morgan fingerprint density at radius 1 is 1.19 bits per heavy atom. The van der Waals surface area contributed by atoms with Crippen molar-refractivity contribution in [3.63, 3.8) is 0 Å². The molecule has 1 amide bonds. The van der Waals surface area contributed by atoms with Crippen molar-refractivity contribution in [3.05, 3.63) is 56.6 Å². The molecule has 6 nitrogen and oxygen atoms in total. The van der Waals surface area contributed by atoms with Crippen molar-refractivity contribution < 1.29 is 13.9 Å². The van der Waals surface area contributed by atoms with Gasteiger partial charge in [0, 0.05) is 46.4 Å². The molecule has 0 bridgehead atoms. The maximum atomic E-state index is 12.2. The van der Waals surface area contributed by atoms with Crippen molar-refractivity contribution >= 4 is 46.6 Å². The van der Waals surface area contributed by atoms with Crippen LogP contribution >= 0.6 is 35.0 Å². The van der Waals surface area contributed by atoms with Gasteiger partial charge in [0.15, 0.2) is 6.61 Å². The average Bonchev–Trinajstić information content (AvgIpc) is 2.61. The summed E-state index contributed by atoms with van der Waals surface area (Å²) in [6.07, 6.45) is 1.25. The zero-order valence-electron chi connectivity index (χ0n) is 14.4. The number of carbonyl (C=O) groups is 1. The summed E-state index contributed by atoms with van der Waals surface area (Å²) in [6.45, 7) is 2.20. The molecule has 1 aliphatic heterocycles. The van der Waals surface area contributed by atoms with E-state index in [9.17, 15) is 9.59 Å². The molecule has 2 aromatic rings. The summed E-state index contributed by atoms with van der Waals surface area (Å²) in [5.74, 6) is 2.30. The molecule has 1 saturated heterocycles. The highest BCUT2D eigenvalue weighted by Crippen LogP contribution is 2.22. The second-order valence-corrected chi connectivity index (χ2v) is 8.06. The van der Waals surface area contributed by atoms with Crippen LogP contribution in [-0.2, 0) is 11.3 Å². The van der Waals surface area contributed by atoms with E-state index in [2.05, 4.69) is 10.2 Å². The van der Waals surface area contributed by atoms with Crippen molar-refractivity contribution in [1.82, 2.24) is 4.90 Å². The lowest BCUT2D eigenvalue weighted by molar-refractivity contribution is -0.118. The summed E-state index contributed by atoms with van der Waals surface area (Å²) in [5, 5.41) is 3.41. The minimum absolute atomic E-state index is 0.00720. The number of hydrogen-bond donors (Lipinski definition) is 1. The fourth-order valence-corrected chi connectivity index (χ4v) is 4.08. The number of benzene rings is 1. The van der Waals surface area contributed by atoms with Crippen LogP contribution in [0.3, 0.4) is 0 Å². The molecule has 1 aromatic heterocycles. The number of anilines is 1. The van der Waals surface area contributed by atoms with Gasteiger partial charge in [0.1, 0.15) is 12.0 Å². The second kappa shape index (κ2) is 9.50. The maximum absolute atomic E-state index is 12.2. The van der Waals surface area contributed by atoms with Gasteiger partial charge >= 0.3 is 0 Å². The van der Waals surface area contributed by atoms with Crippen molar-refractivity contribution in [1.29, 1.82) is 0 Å². The first-order valence-corrected chi connectivity index (χ1v) is 10.2. The van der Waals surface area contributed by atoms with Crippen LogP contribution in [0.25, 0.3) is 0 Å². The summed E-state index contributed by atoms with van der Waals surface area (Å²) in [6, 6.07) is 6.09. The van der Waals surface area contributed by atoms with E-state index in [4.69, 9.17) is 32.4 Å². The molecule has 1 N–H and O–H groups in total. The van der Waals surface area contributed by atoms with Gasteiger partial charge in [0.2, 0.25) is 11.2 Å². The number of hydrogen-bond acceptors (Lipinski definition) is 6. The van der Waals surface area contributed by atoms with E-state index in [1.165, 1.54) is 12.3 Å². The first kappa shape index (κ1) is 20.1. The molecular weight excluding hydrogens is 411 g/mol. The van der Waals surface area contributed by atoms with Crippen molar-refractivity contribution in [3.8, 4) is 5.75 Å². The molecule has 0 unspecified atom stereocenters. The number of thioether (sulfide) groups is 1. The monoisotopic (exact) mass is 428 g/mol. The van der Waals surface area contributed by atoms with E-state index in [1.54, 1.807) is 18.2 Å². The van der Waals surface area contributed by atoms with Gasteiger partial charge in [0.05, 0.1) is 6.54 Å². The summed E-state index contributed by atoms with van der Waals surface area (Å²) >= 11 is 13.7. The van der Waals surface area contributed by atoms with Crippen LogP contribution in [0, 0.1) is 0 Å². The lowest BCUT2D eigenvalue weighted by Crippen LogP contribution is -2.32. The number of carbonyl (C=O) groups excluding carboxylic acids is 1. The fraction of sp³-hybridized carbons (Fsp3) is 0.333. The van der Waals surface area contributed by atoms with Gasteiger partial charge in [-0.1, -0.05) is 23.2 Å². The Hall–Kier alpha value is -1.67. The predicted octanol–water partition coefficient (Wildman–Crippen LogP) is 3.51. The van der Waals surface area contributed by atoms with Crippen molar-refractivity contribution in [2.24, 2.45) is 0 Å². The van der Waals surface area contributed by atoms with Gasteiger partial charge in [0.25, 0.3) is 5.91 Å². The molecular formula is C18H18Cl2N2O4S. The largest absolute Gasteiger partial charge is 0.477 e. The fourth-order valence-electron chi connectivity index (χ4n) is 2.57. The highest BCUT2D eigenvalue weighted by atomic mass is 35.5. The van der Waals surface area contributed by atoms with Crippen LogP contribution in [-0.4, -0.2) is 42.0 Å². The van der Waals surface area contributed by atoms with E-state index >= 15 is 0 Å². The van der Waals surface area contributed by atoms with Crippen LogP contribution in [0.4, 0.5) is 5.69 Å². The Balaban J connectivity index is 1.54. The standard InChI is InChI=1S/C18H18Cl2N2O4S/c19-12-5-13(20)7-14(6-12)21-18(24)11-26-17-10-25-15(8-16(17)23)9-22-1-3-27-4-2-22/h5-8,10H,1-4,9,11H2,(H,21,24). The molecule has 27 heavy (non-hydrogen) atoms. The Bertz CT molecular complexity index is 848. The van der Waals surface area contributed by atoms with Gasteiger partial charge in [-0.05, 0) is 18.2 Å². The lowest BCUT2D eigenvalue weighted by atomic mass is 10.3. The molecule has 0 spiro atoms. The second-order valence-electron chi connectivity index (χ2n) is 5.96. The molecule has 0 aliphatic carbocycles. The molecule has 1 aromatic carbocycles. The maximum Gasteiger partial charge on any atom is 0.262 e. The Kier molecular flexibility index (Phi) is 7.07. The molecule has 1 aliphatic rings. The molecule has 0 atom stereocenters. The van der Waals surface area contributed by atoms with Gasteiger partial charge in [-0.25, -0.2) is 0 Å². The zero-order chi connectivity index (χ0) is 19.2. The molecule has 144 valence electrons.